The third kappa shape index (κ3) is 3.29. The fourth-order valence-corrected chi connectivity index (χ4v) is 2.97. The zero-order valence-electron chi connectivity index (χ0n) is 12.0. The molecule has 7 heteroatoms. The number of nitro groups is 2. The van der Waals surface area contributed by atoms with Crippen LogP contribution in [0.15, 0.2) is 18.2 Å². The number of non-ortho nitro benzene ring substituents is 1. The Bertz CT molecular complexity index is 553. The monoisotopic (exact) mass is 293 g/mol. The van der Waals surface area contributed by atoms with Gasteiger partial charge in [0.1, 0.15) is 5.69 Å². The summed E-state index contributed by atoms with van der Waals surface area (Å²) < 4.78 is 0. The summed E-state index contributed by atoms with van der Waals surface area (Å²) >= 11 is 0. The first-order valence-corrected chi connectivity index (χ1v) is 7.18. The third-order valence-electron chi connectivity index (χ3n) is 4.28. The fraction of sp³-hybridized carbons (Fsp3) is 0.571. The minimum Gasteiger partial charge on any atom is -0.374 e. The van der Waals surface area contributed by atoms with Crippen molar-refractivity contribution in [2.45, 2.75) is 51.0 Å². The lowest BCUT2D eigenvalue weighted by molar-refractivity contribution is -0.393. The van der Waals surface area contributed by atoms with Crippen LogP contribution in [0.4, 0.5) is 17.1 Å². The van der Waals surface area contributed by atoms with Crippen molar-refractivity contribution >= 4 is 17.1 Å². The van der Waals surface area contributed by atoms with Gasteiger partial charge in [-0.25, -0.2) is 0 Å². The van der Waals surface area contributed by atoms with Gasteiger partial charge < -0.3 is 5.32 Å². The molecule has 1 aromatic rings. The van der Waals surface area contributed by atoms with Crippen molar-refractivity contribution in [1.29, 1.82) is 0 Å². The normalized spacial score (nSPS) is 17.2. The Hall–Kier alpha value is -2.18. The van der Waals surface area contributed by atoms with Crippen LogP contribution >= 0.6 is 0 Å². The van der Waals surface area contributed by atoms with Crippen molar-refractivity contribution < 1.29 is 9.85 Å². The Morgan fingerprint density at radius 2 is 1.81 bits per heavy atom. The zero-order chi connectivity index (χ0) is 15.5. The molecule has 2 rings (SSSR count). The SMILES string of the molecule is CCC1(Nc2ccc([N+](=O)[O-])cc2[N+](=O)[O-])CCCCC1. The number of anilines is 1. The van der Waals surface area contributed by atoms with Gasteiger partial charge in [0.05, 0.1) is 15.9 Å². The van der Waals surface area contributed by atoms with Gasteiger partial charge in [-0.2, -0.15) is 0 Å². The number of rotatable bonds is 5. The molecule has 1 aliphatic carbocycles. The lowest BCUT2D eigenvalue weighted by Gasteiger charge is -2.38. The van der Waals surface area contributed by atoms with Crippen molar-refractivity contribution in [2.75, 3.05) is 5.32 Å². The van der Waals surface area contributed by atoms with Crippen LogP contribution in [-0.2, 0) is 0 Å². The van der Waals surface area contributed by atoms with Crippen LogP contribution in [0.5, 0.6) is 0 Å². The van der Waals surface area contributed by atoms with Gasteiger partial charge in [0.25, 0.3) is 11.4 Å². The predicted molar refractivity (Wildman–Crippen MR) is 79.5 cm³/mol. The molecule has 0 unspecified atom stereocenters. The lowest BCUT2D eigenvalue weighted by atomic mass is 9.79. The van der Waals surface area contributed by atoms with E-state index < -0.39 is 9.85 Å². The van der Waals surface area contributed by atoms with Crippen LogP contribution in [0.25, 0.3) is 0 Å². The smallest absolute Gasteiger partial charge is 0.299 e. The van der Waals surface area contributed by atoms with Crippen LogP contribution in [0.2, 0.25) is 0 Å². The van der Waals surface area contributed by atoms with Gasteiger partial charge in [0.2, 0.25) is 0 Å². The van der Waals surface area contributed by atoms with Crippen LogP contribution < -0.4 is 5.32 Å². The van der Waals surface area contributed by atoms with Gasteiger partial charge in [0.15, 0.2) is 0 Å². The highest BCUT2D eigenvalue weighted by Crippen LogP contribution is 2.38. The van der Waals surface area contributed by atoms with Crippen LogP contribution in [0, 0.1) is 20.2 Å². The summed E-state index contributed by atoms with van der Waals surface area (Å²) in [5, 5.41) is 25.2. The molecule has 0 saturated heterocycles. The topological polar surface area (TPSA) is 98.3 Å². The molecule has 0 aliphatic heterocycles. The van der Waals surface area contributed by atoms with Crippen molar-refractivity contribution in [1.82, 2.24) is 0 Å². The number of nitrogens with zero attached hydrogens (tertiary/aromatic N) is 2. The minimum atomic E-state index is -0.618. The molecule has 0 atom stereocenters. The quantitative estimate of drug-likeness (QED) is 0.652. The van der Waals surface area contributed by atoms with Crippen LogP contribution in [-0.4, -0.2) is 15.4 Å². The Morgan fingerprint density at radius 1 is 1.14 bits per heavy atom. The summed E-state index contributed by atoms with van der Waals surface area (Å²) in [6.45, 7) is 2.07. The standard InChI is InChI=1S/C14H19N3O4/c1-2-14(8-4-3-5-9-14)15-12-7-6-11(16(18)19)10-13(12)17(20)21/h6-7,10,15H,2-5,8-9H2,1H3. The largest absolute Gasteiger partial charge is 0.374 e. The molecule has 1 saturated carbocycles. The van der Waals surface area contributed by atoms with E-state index in [1.165, 1.54) is 18.6 Å². The van der Waals surface area contributed by atoms with E-state index in [4.69, 9.17) is 0 Å². The molecule has 0 spiro atoms. The number of hydrogen-bond acceptors (Lipinski definition) is 5. The Labute approximate surface area is 122 Å². The van der Waals surface area contributed by atoms with Crippen molar-refractivity contribution in [3.63, 3.8) is 0 Å². The average molecular weight is 293 g/mol. The van der Waals surface area contributed by atoms with E-state index in [1.54, 1.807) is 0 Å². The van der Waals surface area contributed by atoms with E-state index in [0.29, 0.717) is 5.69 Å². The Balaban J connectivity index is 2.34. The number of benzene rings is 1. The molecule has 21 heavy (non-hydrogen) atoms. The number of nitro benzene ring substituents is 2. The molecular formula is C14H19N3O4. The highest BCUT2D eigenvalue weighted by molar-refractivity contribution is 5.66. The second kappa shape index (κ2) is 6.07. The maximum atomic E-state index is 11.2. The van der Waals surface area contributed by atoms with E-state index in [9.17, 15) is 20.2 Å². The molecule has 0 amide bonds. The second-order valence-electron chi connectivity index (χ2n) is 5.54. The van der Waals surface area contributed by atoms with E-state index in [-0.39, 0.29) is 16.9 Å². The van der Waals surface area contributed by atoms with Gasteiger partial charge in [0, 0.05) is 11.6 Å². The van der Waals surface area contributed by atoms with Crippen molar-refractivity contribution in [2.24, 2.45) is 0 Å². The summed E-state index contributed by atoms with van der Waals surface area (Å²) in [5.74, 6) is 0. The summed E-state index contributed by atoms with van der Waals surface area (Å²) in [6, 6.07) is 3.78. The molecule has 0 heterocycles. The van der Waals surface area contributed by atoms with Crippen LogP contribution in [0.3, 0.4) is 0 Å². The molecule has 1 N–H and O–H groups in total. The summed E-state index contributed by atoms with van der Waals surface area (Å²) in [5.41, 5.74) is -0.266. The molecule has 114 valence electrons. The predicted octanol–water partition coefficient (Wildman–Crippen LogP) is 4.03. The maximum absolute atomic E-state index is 11.2. The third-order valence-corrected chi connectivity index (χ3v) is 4.28. The van der Waals surface area contributed by atoms with E-state index in [1.807, 2.05) is 0 Å². The highest BCUT2D eigenvalue weighted by Gasteiger charge is 2.32. The first-order chi connectivity index (χ1) is 9.97. The summed E-state index contributed by atoms with van der Waals surface area (Å²) in [4.78, 5) is 20.7. The number of nitrogens with one attached hydrogen (secondary N) is 1. The van der Waals surface area contributed by atoms with E-state index in [0.717, 1.165) is 38.2 Å². The first kappa shape index (κ1) is 15.2. The van der Waals surface area contributed by atoms with Gasteiger partial charge >= 0.3 is 0 Å². The molecule has 0 radical (unpaired) electrons. The highest BCUT2D eigenvalue weighted by atomic mass is 16.6. The van der Waals surface area contributed by atoms with Gasteiger partial charge in [-0.05, 0) is 25.3 Å². The number of hydrogen-bond donors (Lipinski definition) is 1. The molecule has 7 nitrogen and oxygen atoms in total. The fourth-order valence-electron chi connectivity index (χ4n) is 2.97. The first-order valence-electron chi connectivity index (χ1n) is 7.18. The maximum Gasteiger partial charge on any atom is 0.299 e. The molecule has 1 aromatic carbocycles. The molecule has 1 fully saturated rings. The van der Waals surface area contributed by atoms with Crippen LogP contribution in [0.1, 0.15) is 45.4 Å². The molecule has 1 aliphatic rings. The average Bonchev–Trinajstić information content (AvgIpc) is 2.48. The van der Waals surface area contributed by atoms with Crippen molar-refractivity contribution in [3.8, 4) is 0 Å². The van der Waals surface area contributed by atoms with Gasteiger partial charge in [-0.1, -0.05) is 26.2 Å². The Morgan fingerprint density at radius 3 is 2.33 bits per heavy atom. The van der Waals surface area contributed by atoms with E-state index in [2.05, 4.69) is 12.2 Å². The minimum absolute atomic E-state index is 0.140. The zero-order valence-corrected chi connectivity index (χ0v) is 12.0. The second-order valence-corrected chi connectivity index (χ2v) is 5.54. The van der Waals surface area contributed by atoms with Crippen molar-refractivity contribution in [3.05, 3.63) is 38.4 Å². The summed E-state index contributed by atoms with van der Waals surface area (Å²) in [7, 11) is 0. The molecule has 0 bridgehead atoms. The van der Waals surface area contributed by atoms with E-state index >= 15 is 0 Å². The summed E-state index contributed by atoms with van der Waals surface area (Å²) in [6.07, 6.45) is 6.20. The van der Waals surface area contributed by atoms with Gasteiger partial charge in [-0.3, -0.25) is 20.2 Å². The Kier molecular flexibility index (Phi) is 4.40. The lowest BCUT2D eigenvalue weighted by Crippen LogP contribution is -2.39. The molecule has 0 aromatic heterocycles. The molecular weight excluding hydrogens is 274 g/mol. The van der Waals surface area contributed by atoms with Gasteiger partial charge in [-0.15, -0.1) is 0 Å².